The zero-order chi connectivity index (χ0) is 29.5. The minimum Gasteiger partial charge on any atom is -0.490 e. The third kappa shape index (κ3) is 6.58. The van der Waals surface area contributed by atoms with Crippen molar-refractivity contribution >= 4 is 29.2 Å². The second-order valence-corrected chi connectivity index (χ2v) is 12.1. The lowest BCUT2D eigenvalue weighted by atomic mass is 9.68. The average molecular weight is 593 g/mol. The van der Waals surface area contributed by atoms with Crippen LogP contribution < -0.4 is 9.64 Å². The number of likely N-dealkylation sites (N-methyl/N-ethyl adjacent to an activating group) is 1. The first-order valence-corrected chi connectivity index (χ1v) is 14.5. The number of halogens is 4. The number of hydrogen-bond donors (Lipinski definition) is 0. The summed E-state index contributed by atoms with van der Waals surface area (Å²) in [4.78, 5) is 34.8. The van der Waals surface area contributed by atoms with E-state index in [4.69, 9.17) is 16.3 Å². The fourth-order valence-corrected chi connectivity index (χ4v) is 6.16. The Morgan fingerprint density at radius 2 is 1.71 bits per heavy atom. The molecule has 1 aliphatic heterocycles. The molecule has 2 aliphatic carbocycles. The molecule has 2 aromatic rings. The lowest BCUT2D eigenvalue weighted by molar-refractivity contribution is -0.174. The highest BCUT2D eigenvalue weighted by atomic mass is 35.5. The summed E-state index contributed by atoms with van der Waals surface area (Å²) in [6.07, 6.45) is 0.398. The van der Waals surface area contributed by atoms with Gasteiger partial charge in [0.05, 0.1) is 11.7 Å². The van der Waals surface area contributed by atoms with Crippen molar-refractivity contribution in [3.05, 3.63) is 52.7 Å². The molecule has 1 aromatic carbocycles. The Hall–Kier alpha value is -3.01. The maximum Gasteiger partial charge on any atom is 0.404 e. The number of rotatable bonds is 8. The quantitative estimate of drug-likeness (QED) is 0.364. The fourth-order valence-electron chi connectivity index (χ4n) is 5.93. The van der Waals surface area contributed by atoms with Gasteiger partial charge in [-0.2, -0.15) is 13.2 Å². The van der Waals surface area contributed by atoms with Gasteiger partial charge in [-0.1, -0.05) is 23.7 Å². The molecule has 1 unspecified atom stereocenters. The van der Waals surface area contributed by atoms with E-state index in [0.717, 1.165) is 44.6 Å². The van der Waals surface area contributed by atoms with Gasteiger partial charge in [-0.25, -0.2) is 4.98 Å². The smallest absolute Gasteiger partial charge is 0.404 e. The summed E-state index contributed by atoms with van der Waals surface area (Å²) >= 11 is 6.29. The van der Waals surface area contributed by atoms with E-state index in [9.17, 15) is 22.8 Å². The van der Waals surface area contributed by atoms with Gasteiger partial charge in [0.2, 0.25) is 5.91 Å². The molecule has 0 radical (unpaired) electrons. The van der Waals surface area contributed by atoms with Crippen molar-refractivity contribution in [2.45, 2.75) is 62.8 Å². The lowest BCUT2D eigenvalue weighted by Gasteiger charge is -2.47. The average Bonchev–Trinajstić information content (AvgIpc) is 3.71. The second kappa shape index (κ2) is 11.7. The largest absolute Gasteiger partial charge is 0.490 e. The third-order valence-electron chi connectivity index (χ3n) is 8.64. The number of piperidine rings is 1. The summed E-state index contributed by atoms with van der Waals surface area (Å²) in [5, 5.41) is 0.178. The molecular formula is C30H36ClF3N4O3. The van der Waals surface area contributed by atoms with Gasteiger partial charge in [0.1, 0.15) is 16.7 Å². The van der Waals surface area contributed by atoms with Crippen LogP contribution in [0.3, 0.4) is 0 Å². The predicted molar refractivity (Wildman–Crippen MR) is 150 cm³/mol. The standard InChI is InChI=1S/C30H36ClF3N4O3/c1-36(2)28(39)24-9-10-25(35-27(24)31)38-13-11-18(12-14-38)20-15-21(16-20)37(3)29(40)26(30(32,33)34)19-5-4-6-23(17-19)41-22-7-8-22/h4-6,9-10,17-18,20-22,26H,7-8,11-16H2,1-3H3. The van der Waals surface area contributed by atoms with Crippen LogP contribution in [0.1, 0.15) is 60.4 Å². The molecule has 0 N–H and O–H groups in total. The first kappa shape index (κ1) is 29.5. The number of carbonyl (C=O) groups is 2. The second-order valence-electron chi connectivity index (χ2n) is 11.7. The SMILES string of the molecule is CN(C)C(=O)c1ccc(N2CCC(C3CC(N(C)C(=O)C(c4cccc(OC5CC5)c4)C(F)(F)F)C3)CC2)nc1Cl. The number of ether oxygens (including phenoxy) is 1. The van der Waals surface area contributed by atoms with Crippen LogP contribution >= 0.6 is 11.6 Å². The number of nitrogens with zero attached hydrogens (tertiary/aromatic N) is 4. The Bertz CT molecular complexity index is 1270. The number of aromatic nitrogens is 1. The molecule has 2 amide bonds. The van der Waals surface area contributed by atoms with E-state index in [1.165, 1.54) is 35.0 Å². The van der Waals surface area contributed by atoms with E-state index >= 15 is 0 Å². The molecule has 1 saturated heterocycles. The summed E-state index contributed by atoms with van der Waals surface area (Å²) in [5.74, 6) is -1.42. The number of alkyl halides is 3. The monoisotopic (exact) mass is 592 g/mol. The van der Waals surface area contributed by atoms with E-state index in [-0.39, 0.29) is 28.8 Å². The van der Waals surface area contributed by atoms with E-state index in [1.54, 1.807) is 26.2 Å². The zero-order valence-electron chi connectivity index (χ0n) is 23.5. The van der Waals surface area contributed by atoms with Crippen LogP contribution in [0.25, 0.3) is 0 Å². The summed E-state index contributed by atoms with van der Waals surface area (Å²) in [7, 11) is 4.82. The summed E-state index contributed by atoms with van der Waals surface area (Å²) in [5.41, 5.74) is 0.283. The Kier molecular flexibility index (Phi) is 8.41. The molecule has 3 fully saturated rings. The number of carbonyl (C=O) groups excluding carboxylic acids is 2. The van der Waals surface area contributed by atoms with Gasteiger partial charge < -0.3 is 19.4 Å². The van der Waals surface area contributed by atoms with Crippen LogP contribution in [0.5, 0.6) is 5.75 Å². The van der Waals surface area contributed by atoms with Gasteiger partial charge >= 0.3 is 6.18 Å². The molecule has 2 saturated carbocycles. The molecule has 1 atom stereocenters. The zero-order valence-corrected chi connectivity index (χ0v) is 24.3. The maximum atomic E-state index is 14.1. The third-order valence-corrected chi connectivity index (χ3v) is 8.93. The number of hydrogen-bond acceptors (Lipinski definition) is 5. The molecule has 0 spiro atoms. The first-order chi connectivity index (χ1) is 19.4. The Labute approximate surface area is 243 Å². The normalized spacial score (nSPS) is 22.1. The van der Waals surface area contributed by atoms with Gasteiger partial charge in [-0.05, 0) is 80.2 Å². The van der Waals surface area contributed by atoms with Crippen LogP contribution in [0.15, 0.2) is 36.4 Å². The van der Waals surface area contributed by atoms with Crippen molar-refractivity contribution < 1.29 is 27.5 Å². The highest BCUT2D eigenvalue weighted by Gasteiger charge is 2.50. The van der Waals surface area contributed by atoms with Crippen LogP contribution in [-0.4, -0.2) is 79.2 Å². The minimum atomic E-state index is -4.70. The molecule has 2 heterocycles. The van der Waals surface area contributed by atoms with Gasteiger partial charge in [-0.15, -0.1) is 0 Å². The van der Waals surface area contributed by atoms with Gasteiger partial charge in [0, 0.05) is 40.3 Å². The molecular weight excluding hydrogens is 557 g/mol. The molecule has 7 nitrogen and oxygen atoms in total. The Balaban J connectivity index is 1.15. The van der Waals surface area contributed by atoms with Crippen molar-refractivity contribution in [1.82, 2.24) is 14.8 Å². The predicted octanol–water partition coefficient (Wildman–Crippen LogP) is 5.78. The van der Waals surface area contributed by atoms with Crippen molar-refractivity contribution in [3.8, 4) is 5.75 Å². The number of anilines is 1. The maximum absolute atomic E-state index is 14.1. The summed E-state index contributed by atoms with van der Waals surface area (Å²) in [6, 6.07) is 9.18. The van der Waals surface area contributed by atoms with Crippen LogP contribution in [0.4, 0.5) is 19.0 Å². The summed E-state index contributed by atoms with van der Waals surface area (Å²) < 4.78 is 48.1. The first-order valence-electron chi connectivity index (χ1n) is 14.2. The number of pyridine rings is 1. The van der Waals surface area contributed by atoms with Gasteiger partial charge in [0.25, 0.3) is 5.91 Å². The minimum absolute atomic E-state index is 0.0557. The van der Waals surface area contributed by atoms with Crippen molar-refractivity contribution in [2.75, 3.05) is 39.1 Å². The topological polar surface area (TPSA) is 66.0 Å². The highest BCUT2D eigenvalue weighted by molar-refractivity contribution is 6.32. The van der Waals surface area contributed by atoms with Crippen LogP contribution in [-0.2, 0) is 4.79 Å². The van der Waals surface area contributed by atoms with E-state index in [0.29, 0.717) is 36.0 Å². The van der Waals surface area contributed by atoms with E-state index in [2.05, 4.69) is 9.88 Å². The van der Waals surface area contributed by atoms with Crippen LogP contribution in [0, 0.1) is 11.8 Å². The number of amides is 2. The van der Waals surface area contributed by atoms with Crippen molar-refractivity contribution in [2.24, 2.45) is 11.8 Å². The molecule has 0 bridgehead atoms. The summed E-state index contributed by atoms with van der Waals surface area (Å²) in [6.45, 7) is 1.56. The fraction of sp³-hybridized carbons (Fsp3) is 0.567. The molecule has 222 valence electrons. The molecule has 41 heavy (non-hydrogen) atoms. The molecule has 1 aromatic heterocycles. The van der Waals surface area contributed by atoms with Gasteiger partial charge in [-0.3, -0.25) is 9.59 Å². The van der Waals surface area contributed by atoms with Crippen molar-refractivity contribution in [3.63, 3.8) is 0 Å². The molecule has 5 rings (SSSR count). The lowest BCUT2D eigenvalue weighted by Crippen LogP contribution is -2.51. The Morgan fingerprint density at radius 1 is 1.02 bits per heavy atom. The van der Waals surface area contributed by atoms with Crippen LogP contribution in [0.2, 0.25) is 5.15 Å². The molecule has 3 aliphatic rings. The van der Waals surface area contributed by atoms with Gasteiger partial charge in [0.15, 0.2) is 5.92 Å². The number of benzene rings is 1. The van der Waals surface area contributed by atoms with Crippen molar-refractivity contribution in [1.29, 1.82) is 0 Å². The van der Waals surface area contributed by atoms with E-state index in [1.807, 2.05) is 6.07 Å². The molecule has 11 heteroatoms. The van der Waals surface area contributed by atoms with E-state index < -0.39 is 18.0 Å². The Morgan fingerprint density at radius 3 is 2.29 bits per heavy atom. The highest BCUT2D eigenvalue weighted by Crippen LogP contribution is 2.44.